The molecule has 0 radical (unpaired) electrons. The van der Waals surface area contributed by atoms with Gasteiger partial charge in [0.25, 0.3) is 5.91 Å². The van der Waals surface area contributed by atoms with Gasteiger partial charge in [-0.15, -0.1) is 24.0 Å². The second-order valence-electron chi connectivity index (χ2n) is 3.83. The fraction of sp³-hybridized carbons (Fsp3) is 0.250. The molecule has 0 atom stereocenters. The van der Waals surface area contributed by atoms with Crippen LogP contribution in [0.25, 0.3) is 0 Å². The van der Waals surface area contributed by atoms with Crippen molar-refractivity contribution in [3.05, 3.63) is 40.0 Å². The Labute approximate surface area is 109 Å². The third-order valence-electron chi connectivity index (χ3n) is 2.52. The molecule has 0 fully saturated rings. The second-order valence-corrected chi connectivity index (χ2v) is 5.26. The van der Waals surface area contributed by atoms with Gasteiger partial charge < -0.3 is 9.32 Å². The van der Waals surface area contributed by atoms with Crippen LogP contribution in [0.1, 0.15) is 21.0 Å². The summed E-state index contributed by atoms with van der Waals surface area (Å²) in [4.78, 5) is 15.3. The van der Waals surface area contributed by atoms with Gasteiger partial charge in [0, 0.05) is 29.4 Å². The molecule has 0 aliphatic carbocycles. The maximum Gasteiger partial charge on any atom is 0.264 e. The first-order valence-electron chi connectivity index (χ1n) is 5.14. The highest BCUT2D eigenvalue weighted by Crippen LogP contribution is 2.20. The summed E-state index contributed by atoms with van der Waals surface area (Å²) in [6, 6.07) is 3.67. The highest BCUT2D eigenvalue weighted by molar-refractivity contribution is 7.80. The highest BCUT2D eigenvalue weighted by Gasteiger charge is 2.15. The Kier molecular flexibility index (Phi) is 3.59. The maximum absolute atomic E-state index is 12.1. The zero-order chi connectivity index (χ0) is 12.4. The smallest absolute Gasteiger partial charge is 0.264 e. The summed E-state index contributed by atoms with van der Waals surface area (Å²) in [7, 11) is 1.78. The van der Waals surface area contributed by atoms with Crippen LogP contribution in [-0.2, 0) is 6.54 Å². The zero-order valence-corrected chi connectivity index (χ0v) is 11.3. The summed E-state index contributed by atoms with van der Waals surface area (Å²) in [6.45, 7) is 2.45. The van der Waals surface area contributed by atoms with Gasteiger partial charge in [0.15, 0.2) is 0 Å². The lowest BCUT2D eigenvalue weighted by molar-refractivity contribution is 0.0789. The van der Waals surface area contributed by atoms with Gasteiger partial charge in [-0.2, -0.15) is 0 Å². The molecule has 5 heteroatoms. The van der Waals surface area contributed by atoms with E-state index in [-0.39, 0.29) is 5.91 Å². The molecule has 2 aromatic heterocycles. The Balaban J connectivity index is 2.08. The predicted octanol–water partition coefficient (Wildman–Crippen LogP) is 3.21. The SMILES string of the molecule is Cc1occc1CN(C)C(=O)c1cc(S)cs1. The number of aryl methyl sites for hydroxylation is 1. The van der Waals surface area contributed by atoms with Crippen LogP contribution in [0.15, 0.2) is 33.1 Å². The molecule has 3 nitrogen and oxygen atoms in total. The number of nitrogens with zero attached hydrogens (tertiary/aromatic N) is 1. The van der Waals surface area contributed by atoms with Crippen molar-refractivity contribution < 1.29 is 9.21 Å². The Morgan fingerprint density at radius 3 is 2.88 bits per heavy atom. The fourth-order valence-electron chi connectivity index (χ4n) is 1.53. The number of hydrogen-bond acceptors (Lipinski definition) is 4. The second kappa shape index (κ2) is 4.98. The monoisotopic (exact) mass is 267 g/mol. The van der Waals surface area contributed by atoms with Crippen LogP contribution in [0.4, 0.5) is 0 Å². The van der Waals surface area contributed by atoms with E-state index >= 15 is 0 Å². The molecule has 2 aromatic rings. The number of hydrogen-bond donors (Lipinski definition) is 1. The van der Waals surface area contributed by atoms with Gasteiger partial charge in [-0.1, -0.05) is 0 Å². The molecule has 2 rings (SSSR count). The number of thiol groups is 1. The first-order chi connectivity index (χ1) is 8.08. The Bertz CT molecular complexity index is 530. The molecule has 0 aliphatic heterocycles. The van der Waals surface area contributed by atoms with Crippen LogP contribution in [0.3, 0.4) is 0 Å². The van der Waals surface area contributed by atoms with E-state index in [1.165, 1.54) is 11.3 Å². The molecule has 0 spiro atoms. The molecule has 0 aromatic carbocycles. The van der Waals surface area contributed by atoms with Crippen molar-refractivity contribution in [3.8, 4) is 0 Å². The van der Waals surface area contributed by atoms with Gasteiger partial charge in [-0.3, -0.25) is 4.79 Å². The van der Waals surface area contributed by atoms with Crippen molar-refractivity contribution in [2.45, 2.75) is 18.4 Å². The van der Waals surface area contributed by atoms with E-state index in [0.29, 0.717) is 11.4 Å². The minimum Gasteiger partial charge on any atom is -0.469 e. The quantitative estimate of drug-likeness (QED) is 0.866. The van der Waals surface area contributed by atoms with Crippen molar-refractivity contribution in [1.82, 2.24) is 4.90 Å². The topological polar surface area (TPSA) is 33.5 Å². The summed E-state index contributed by atoms with van der Waals surface area (Å²) in [6.07, 6.45) is 1.64. The third kappa shape index (κ3) is 2.73. The number of carbonyl (C=O) groups is 1. The van der Waals surface area contributed by atoms with Crippen LogP contribution in [-0.4, -0.2) is 17.9 Å². The summed E-state index contributed by atoms with van der Waals surface area (Å²) < 4.78 is 5.21. The largest absolute Gasteiger partial charge is 0.469 e. The standard InChI is InChI=1S/C12H13NO2S2/c1-8-9(3-4-15-8)6-13(2)12(14)11-5-10(16)7-17-11/h3-5,7,16H,6H2,1-2H3. The van der Waals surface area contributed by atoms with Gasteiger partial charge in [-0.25, -0.2) is 0 Å². The van der Waals surface area contributed by atoms with Gasteiger partial charge in [0.2, 0.25) is 0 Å². The van der Waals surface area contributed by atoms with Crippen LogP contribution < -0.4 is 0 Å². The number of carbonyl (C=O) groups excluding carboxylic acids is 1. The minimum absolute atomic E-state index is 0.0101. The van der Waals surface area contributed by atoms with Crippen LogP contribution in [0.2, 0.25) is 0 Å². The van der Waals surface area contributed by atoms with Crippen LogP contribution in [0.5, 0.6) is 0 Å². The van der Waals surface area contributed by atoms with Crippen molar-refractivity contribution in [2.24, 2.45) is 0 Å². The molecule has 17 heavy (non-hydrogen) atoms. The number of amides is 1. The molecule has 1 amide bonds. The van der Waals surface area contributed by atoms with Crippen molar-refractivity contribution in [3.63, 3.8) is 0 Å². The normalized spacial score (nSPS) is 10.5. The van der Waals surface area contributed by atoms with Crippen molar-refractivity contribution in [1.29, 1.82) is 0 Å². The molecule has 0 saturated carbocycles. The summed E-state index contributed by atoms with van der Waals surface area (Å²) in [5.41, 5.74) is 1.03. The third-order valence-corrected chi connectivity index (χ3v) is 3.87. The molecule has 0 unspecified atom stereocenters. The van der Waals surface area contributed by atoms with Gasteiger partial charge in [0.05, 0.1) is 11.1 Å². The van der Waals surface area contributed by atoms with Crippen molar-refractivity contribution >= 4 is 29.9 Å². The first-order valence-corrected chi connectivity index (χ1v) is 6.46. The molecule has 0 aliphatic rings. The van der Waals surface area contributed by atoms with Gasteiger partial charge in [0.1, 0.15) is 5.76 Å². The average molecular weight is 267 g/mol. The van der Waals surface area contributed by atoms with Crippen LogP contribution >= 0.6 is 24.0 Å². The summed E-state index contributed by atoms with van der Waals surface area (Å²) in [5.74, 6) is 0.863. The molecular formula is C12H13NO2S2. The average Bonchev–Trinajstić information content (AvgIpc) is 2.88. The Hall–Kier alpha value is -1.20. The molecule has 0 N–H and O–H groups in total. The fourth-order valence-corrected chi connectivity index (χ4v) is 2.67. The van der Waals surface area contributed by atoms with E-state index in [1.807, 2.05) is 18.4 Å². The Morgan fingerprint density at radius 2 is 2.35 bits per heavy atom. The number of rotatable bonds is 3. The van der Waals surface area contributed by atoms with Crippen molar-refractivity contribution in [2.75, 3.05) is 7.05 Å². The van der Waals surface area contributed by atoms with E-state index in [4.69, 9.17) is 4.42 Å². The first kappa shape index (κ1) is 12.3. The van der Waals surface area contributed by atoms with Gasteiger partial charge >= 0.3 is 0 Å². The number of thiophene rings is 1. The predicted molar refractivity (Wildman–Crippen MR) is 70.8 cm³/mol. The molecule has 2 heterocycles. The lowest BCUT2D eigenvalue weighted by atomic mass is 10.2. The van der Waals surface area contributed by atoms with E-state index < -0.39 is 0 Å². The van der Waals surface area contributed by atoms with E-state index in [0.717, 1.165) is 16.2 Å². The molecule has 90 valence electrons. The molecule has 0 bridgehead atoms. The lowest BCUT2D eigenvalue weighted by Crippen LogP contribution is -2.25. The minimum atomic E-state index is 0.0101. The van der Waals surface area contributed by atoms with Crippen LogP contribution in [0, 0.1) is 6.92 Å². The highest BCUT2D eigenvalue weighted by atomic mass is 32.1. The molecular weight excluding hydrogens is 254 g/mol. The summed E-state index contributed by atoms with van der Waals surface area (Å²) in [5, 5.41) is 1.85. The van der Waals surface area contributed by atoms with E-state index in [2.05, 4.69) is 12.6 Å². The maximum atomic E-state index is 12.1. The lowest BCUT2D eigenvalue weighted by Gasteiger charge is -2.15. The number of furan rings is 1. The van der Waals surface area contributed by atoms with Gasteiger partial charge in [-0.05, 0) is 19.1 Å². The van der Waals surface area contributed by atoms with E-state index in [1.54, 1.807) is 24.3 Å². The zero-order valence-electron chi connectivity index (χ0n) is 9.64. The van der Waals surface area contributed by atoms with E-state index in [9.17, 15) is 4.79 Å². The Morgan fingerprint density at radius 1 is 1.59 bits per heavy atom. The molecule has 0 saturated heterocycles. The summed E-state index contributed by atoms with van der Waals surface area (Å²) >= 11 is 5.61.